The van der Waals surface area contributed by atoms with Crippen LogP contribution in [0.15, 0.2) is 24.3 Å². The molecule has 1 saturated heterocycles. The van der Waals surface area contributed by atoms with E-state index in [1.807, 2.05) is 0 Å². The molecule has 2 heteroatoms. The summed E-state index contributed by atoms with van der Waals surface area (Å²) < 4.78 is 0. The average molecular weight is 304 g/mol. The summed E-state index contributed by atoms with van der Waals surface area (Å²) >= 11 is 0. The fraction of sp³-hybridized carbons (Fsp3) is 0.684. The lowest BCUT2D eigenvalue weighted by atomic mass is 9.96. The summed E-state index contributed by atoms with van der Waals surface area (Å²) in [5, 5.41) is 1.57. The Morgan fingerprint density at radius 1 is 1.05 bits per heavy atom. The summed E-state index contributed by atoms with van der Waals surface area (Å²) in [4.78, 5) is 2.67. The molecule has 1 nitrogen and oxygen atoms in total. The zero-order valence-corrected chi connectivity index (χ0v) is 15.5. The third-order valence-corrected chi connectivity index (χ3v) is 6.93. The normalized spacial score (nSPS) is 21.2. The molecule has 1 aliphatic rings. The summed E-state index contributed by atoms with van der Waals surface area (Å²) in [7, 11) is -1.15. The Morgan fingerprint density at radius 3 is 2.38 bits per heavy atom. The van der Waals surface area contributed by atoms with E-state index < -0.39 is 8.07 Å². The molecule has 0 aromatic heterocycles. The van der Waals surface area contributed by atoms with Crippen LogP contribution in [0.4, 0.5) is 0 Å². The minimum atomic E-state index is -1.15. The standard InChI is InChI=1S/C19H33NSi/c1-5-7-17-8-6-14-20(15-13-17)16-18-9-11-19(12-10-18)21(2,3)4/h9-12,17H,5-8,13-16H2,1-4H3. The van der Waals surface area contributed by atoms with E-state index in [0.29, 0.717) is 0 Å². The first-order chi connectivity index (χ1) is 9.99. The van der Waals surface area contributed by atoms with Crippen molar-refractivity contribution >= 4 is 13.3 Å². The van der Waals surface area contributed by atoms with Gasteiger partial charge in [0.25, 0.3) is 0 Å². The largest absolute Gasteiger partial charge is 0.299 e. The molecule has 0 N–H and O–H groups in total. The first-order valence-electron chi connectivity index (χ1n) is 8.81. The smallest absolute Gasteiger partial charge is 0.0775 e. The Balaban J connectivity index is 1.89. The van der Waals surface area contributed by atoms with Gasteiger partial charge in [-0.2, -0.15) is 0 Å². The van der Waals surface area contributed by atoms with E-state index in [4.69, 9.17) is 0 Å². The maximum atomic E-state index is 2.67. The van der Waals surface area contributed by atoms with Gasteiger partial charge in [0.2, 0.25) is 0 Å². The number of hydrogen-bond donors (Lipinski definition) is 0. The number of likely N-dealkylation sites (tertiary alicyclic amines) is 1. The van der Waals surface area contributed by atoms with Crippen LogP contribution in [0.25, 0.3) is 0 Å². The van der Waals surface area contributed by atoms with Gasteiger partial charge in [-0.3, -0.25) is 4.90 Å². The predicted octanol–water partition coefficient (Wildman–Crippen LogP) is 4.63. The summed E-state index contributed by atoms with van der Waals surface area (Å²) in [5.41, 5.74) is 1.49. The number of benzene rings is 1. The summed E-state index contributed by atoms with van der Waals surface area (Å²) in [6.45, 7) is 13.3. The third kappa shape index (κ3) is 5.26. The second kappa shape index (κ2) is 7.60. The van der Waals surface area contributed by atoms with Crippen LogP contribution in [0.3, 0.4) is 0 Å². The van der Waals surface area contributed by atoms with Gasteiger partial charge >= 0.3 is 0 Å². The molecular weight excluding hydrogens is 270 g/mol. The Bertz CT molecular complexity index is 418. The maximum Gasteiger partial charge on any atom is 0.0775 e. The van der Waals surface area contributed by atoms with Gasteiger partial charge in [-0.05, 0) is 43.8 Å². The van der Waals surface area contributed by atoms with E-state index in [9.17, 15) is 0 Å². The maximum absolute atomic E-state index is 2.67. The van der Waals surface area contributed by atoms with Crippen molar-refractivity contribution in [1.29, 1.82) is 0 Å². The minimum absolute atomic E-state index is 0.981. The summed E-state index contributed by atoms with van der Waals surface area (Å²) in [5.74, 6) is 0.981. The molecule has 1 fully saturated rings. The SMILES string of the molecule is CCCC1CCCN(Cc2ccc([Si](C)(C)C)cc2)CC1. The third-order valence-electron chi connectivity index (χ3n) is 4.86. The Morgan fingerprint density at radius 2 is 1.76 bits per heavy atom. The Kier molecular flexibility index (Phi) is 6.06. The van der Waals surface area contributed by atoms with Gasteiger partial charge in [0.15, 0.2) is 0 Å². The second-order valence-electron chi connectivity index (χ2n) is 7.81. The molecule has 1 heterocycles. The van der Waals surface area contributed by atoms with Gasteiger partial charge in [0.05, 0.1) is 8.07 Å². The molecule has 0 spiro atoms. The Labute approximate surface area is 132 Å². The van der Waals surface area contributed by atoms with Crippen LogP contribution in [-0.2, 0) is 6.54 Å². The monoisotopic (exact) mass is 303 g/mol. The van der Waals surface area contributed by atoms with Crippen molar-refractivity contribution < 1.29 is 0 Å². The highest BCUT2D eigenvalue weighted by Gasteiger charge is 2.18. The van der Waals surface area contributed by atoms with E-state index in [-0.39, 0.29) is 0 Å². The quantitative estimate of drug-likeness (QED) is 0.717. The van der Waals surface area contributed by atoms with Crippen LogP contribution in [0.1, 0.15) is 44.6 Å². The van der Waals surface area contributed by atoms with Crippen molar-refractivity contribution in [3.8, 4) is 0 Å². The molecule has 1 unspecified atom stereocenters. The lowest BCUT2D eigenvalue weighted by Crippen LogP contribution is -2.37. The lowest BCUT2D eigenvalue weighted by molar-refractivity contribution is 0.271. The first-order valence-corrected chi connectivity index (χ1v) is 12.3. The average Bonchev–Trinajstić information content (AvgIpc) is 2.65. The molecule has 0 aliphatic carbocycles. The number of hydrogen-bond acceptors (Lipinski definition) is 1. The molecule has 0 bridgehead atoms. The second-order valence-corrected chi connectivity index (χ2v) is 12.9. The lowest BCUT2D eigenvalue weighted by Gasteiger charge is -2.21. The highest BCUT2D eigenvalue weighted by molar-refractivity contribution is 6.88. The molecule has 0 saturated carbocycles. The molecule has 2 rings (SSSR count). The summed E-state index contributed by atoms with van der Waals surface area (Å²) in [6.07, 6.45) is 7.01. The van der Waals surface area contributed by atoms with E-state index in [1.165, 1.54) is 50.8 Å². The fourth-order valence-electron chi connectivity index (χ4n) is 3.45. The van der Waals surface area contributed by atoms with Gasteiger partial charge in [0.1, 0.15) is 0 Å². The Hall–Kier alpha value is -0.603. The highest BCUT2D eigenvalue weighted by Crippen LogP contribution is 2.22. The van der Waals surface area contributed by atoms with Gasteiger partial charge in [0, 0.05) is 6.54 Å². The molecule has 1 aliphatic heterocycles. The zero-order chi connectivity index (χ0) is 15.3. The van der Waals surface area contributed by atoms with Crippen molar-refractivity contribution in [3.05, 3.63) is 29.8 Å². The zero-order valence-electron chi connectivity index (χ0n) is 14.5. The van der Waals surface area contributed by atoms with Crippen LogP contribution in [-0.4, -0.2) is 26.1 Å². The van der Waals surface area contributed by atoms with Crippen LogP contribution in [0, 0.1) is 5.92 Å². The van der Waals surface area contributed by atoms with Crippen LogP contribution < -0.4 is 5.19 Å². The molecule has 1 atom stereocenters. The van der Waals surface area contributed by atoms with Crippen molar-refractivity contribution in [2.45, 2.75) is 65.2 Å². The predicted molar refractivity (Wildman–Crippen MR) is 96.9 cm³/mol. The minimum Gasteiger partial charge on any atom is -0.299 e. The molecule has 0 amide bonds. The first kappa shape index (κ1) is 16.8. The van der Waals surface area contributed by atoms with E-state index in [0.717, 1.165) is 12.5 Å². The van der Waals surface area contributed by atoms with Crippen molar-refractivity contribution in [3.63, 3.8) is 0 Å². The molecular formula is C19H33NSi. The molecule has 1 aromatic rings. The van der Waals surface area contributed by atoms with Crippen molar-refractivity contribution in [2.24, 2.45) is 5.92 Å². The topological polar surface area (TPSA) is 3.24 Å². The molecule has 21 heavy (non-hydrogen) atoms. The molecule has 118 valence electrons. The van der Waals surface area contributed by atoms with Gasteiger partial charge in [-0.1, -0.05) is 68.9 Å². The van der Waals surface area contributed by atoms with E-state index >= 15 is 0 Å². The van der Waals surface area contributed by atoms with Gasteiger partial charge < -0.3 is 0 Å². The summed E-state index contributed by atoms with van der Waals surface area (Å²) in [6, 6.07) is 9.47. The highest BCUT2D eigenvalue weighted by atomic mass is 28.3. The van der Waals surface area contributed by atoms with Crippen LogP contribution in [0.5, 0.6) is 0 Å². The fourth-order valence-corrected chi connectivity index (χ4v) is 4.61. The van der Waals surface area contributed by atoms with E-state index in [2.05, 4.69) is 55.7 Å². The van der Waals surface area contributed by atoms with Gasteiger partial charge in [-0.25, -0.2) is 0 Å². The number of nitrogens with zero attached hydrogens (tertiary/aromatic N) is 1. The van der Waals surface area contributed by atoms with Crippen LogP contribution in [0.2, 0.25) is 19.6 Å². The molecule has 1 aromatic carbocycles. The molecule has 0 radical (unpaired) electrons. The number of rotatable bonds is 5. The van der Waals surface area contributed by atoms with E-state index in [1.54, 1.807) is 5.19 Å². The van der Waals surface area contributed by atoms with Crippen molar-refractivity contribution in [1.82, 2.24) is 4.90 Å². The van der Waals surface area contributed by atoms with Gasteiger partial charge in [-0.15, -0.1) is 0 Å². The van der Waals surface area contributed by atoms with Crippen molar-refractivity contribution in [2.75, 3.05) is 13.1 Å². The van der Waals surface area contributed by atoms with Crippen LogP contribution >= 0.6 is 0 Å².